The molecule has 0 aromatic rings. The van der Waals surface area contributed by atoms with Crippen LogP contribution in [0, 0.1) is 5.92 Å². The zero-order chi connectivity index (χ0) is 12.7. The number of carbonyl (C=O) groups is 1. The third kappa shape index (κ3) is 5.50. The van der Waals surface area contributed by atoms with Crippen LogP contribution in [0.5, 0.6) is 0 Å². The van der Waals surface area contributed by atoms with Crippen molar-refractivity contribution < 1.29 is 9.90 Å². The molecule has 1 rings (SSSR count). The smallest absolute Gasteiger partial charge is 0.234 e. The van der Waals surface area contributed by atoms with Crippen LogP contribution >= 0.6 is 0 Å². The van der Waals surface area contributed by atoms with Crippen molar-refractivity contribution in [3.8, 4) is 0 Å². The van der Waals surface area contributed by atoms with Gasteiger partial charge in [0.25, 0.3) is 0 Å². The fraction of sp³-hybridized carbons (Fsp3) is 0.923. The average Bonchev–Trinajstić information content (AvgIpc) is 2.29. The van der Waals surface area contributed by atoms with Crippen molar-refractivity contribution in [2.75, 3.05) is 26.7 Å². The monoisotopic (exact) mass is 242 g/mol. The van der Waals surface area contributed by atoms with E-state index in [-0.39, 0.29) is 12.5 Å². The Morgan fingerprint density at radius 1 is 1.41 bits per heavy atom. The molecule has 0 heterocycles. The van der Waals surface area contributed by atoms with Crippen molar-refractivity contribution in [2.45, 2.75) is 45.1 Å². The predicted molar refractivity (Wildman–Crippen MR) is 68.8 cm³/mol. The van der Waals surface area contributed by atoms with Gasteiger partial charge >= 0.3 is 0 Å². The lowest BCUT2D eigenvalue weighted by atomic mass is 9.86. The van der Waals surface area contributed by atoms with Gasteiger partial charge in [-0.3, -0.25) is 9.69 Å². The molecule has 4 heteroatoms. The molecule has 1 amide bonds. The topological polar surface area (TPSA) is 52.6 Å². The minimum Gasteiger partial charge on any atom is -0.396 e. The van der Waals surface area contributed by atoms with Crippen LogP contribution in [0.4, 0.5) is 0 Å². The molecular weight excluding hydrogens is 216 g/mol. The first-order valence-electron chi connectivity index (χ1n) is 6.72. The molecule has 0 aliphatic heterocycles. The number of hydrogen-bond donors (Lipinski definition) is 2. The average molecular weight is 242 g/mol. The number of likely N-dealkylation sites (N-methyl/N-ethyl adjacent to an activating group) is 1. The van der Waals surface area contributed by atoms with Crippen molar-refractivity contribution in [2.24, 2.45) is 5.92 Å². The second kappa shape index (κ2) is 7.67. The van der Waals surface area contributed by atoms with Crippen molar-refractivity contribution >= 4 is 5.91 Å². The highest BCUT2D eigenvalue weighted by atomic mass is 16.3. The summed E-state index contributed by atoms with van der Waals surface area (Å²) in [6.45, 7) is 3.61. The first-order valence-corrected chi connectivity index (χ1v) is 6.72. The first kappa shape index (κ1) is 14.5. The van der Waals surface area contributed by atoms with Gasteiger partial charge in [-0.15, -0.1) is 0 Å². The van der Waals surface area contributed by atoms with Gasteiger partial charge in [0.2, 0.25) is 5.91 Å². The highest BCUT2D eigenvalue weighted by Crippen LogP contribution is 2.23. The molecule has 4 nitrogen and oxygen atoms in total. The van der Waals surface area contributed by atoms with E-state index in [1.807, 2.05) is 11.9 Å². The molecule has 0 aromatic carbocycles. The Morgan fingerprint density at radius 3 is 2.76 bits per heavy atom. The van der Waals surface area contributed by atoms with Crippen LogP contribution < -0.4 is 5.32 Å². The maximum atomic E-state index is 11.8. The predicted octanol–water partition coefficient (Wildman–Crippen LogP) is 0.995. The maximum Gasteiger partial charge on any atom is 0.234 e. The van der Waals surface area contributed by atoms with E-state index in [1.54, 1.807) is 0 Å². The van der Waals surface area contributed by atoms with E-state index in [2.05, 4.69) is 12.2 Å². The zero-order valence-corrected chi connectivity index (χ0v) is 11.1. The highest BCUT2D eigenvalue weighted by Gasteiger charge is 2.22. The summed E-state index contributed by atoms with van der Waals surface area (Å²) in [5.74, 6) is 0.722. The third-order valence-corrected chi connectivity index (χ3v) is 3.57. The van der Waals surface area contributed by atoms with Crippen molar-refractivity contribution in [1.29, 1.82) is 0 Å². The Labute approximate surface area is 104 Å². The third-order valence-electron chi connectivity index (χ3n) is 3.57. The molecule has 2 unspecified atom stereocenters. The number of nitrogens with zero attached hydrogens (tertiary/aromatic N) is 1. The van der Waals surface area contributed by atoms with Crippen molar-refractivity contribution in [3.63, 3.8) is 0 Å². The number of rotatable bonds is 6. The lowest BCUT2D eigenvalue weighted by Gasteiger charge is -2.30. The van der Waals surface area contributed by atoms with E-state index >= 15 is 0 Å². The first-order chi connectivity index (χ1) is 8.13. The SMILES string of the molecule is CC1CCCCC1NC(=O)CN(C)CCCO. The van der Waals surface area contributed by atoms with Crippen molar-refractivity contribution in [3.05, 3.63) is 0 Å². The van der Waals surface area contributed by atoms with Gasteiger partial charge in [0.1, 0.15) is 0 Å². The largest absolute Gasteiger partial charge is 0.396 e. The normalized spacial score (nSPS) is 24.9. The van der Waals surface area contributed by atoms with Crippen LogP contribution in [0.3, 0.4) is 0 Å². The summed E-state index contributed by atoms with van der Waals surface area (Å²) < 4.78 is 0. The van der Waals surface area contributed by atoms with Crippen LogP contribution in [-0.4, -0.2) is 48.7 Å². The Balaban J connectivity index is 2.23. The van der Waals surface area contributed by atoms with Gasteiger partial charge in [0.05, 0.1) is 6.54 Å². The summed E-state index contributed by atoms with van der Waals surface area (Å²) in [4.78, 5) is 13.8. The fourth-order valence-electron chi connectivity index (χ4n) is 2.45. The molecule has 0 radical (unpaired) electrons. The fourth-order valence-corrected chi connectivity index (χ4v) is 2.45. The highest BCUT2D eigenvalue weighted by molar-refractivity contribution is 5.78. The van der Waals surface area contributed by atoms with Crippen molar-refractivity contribution in [1.82, 2.24) is 10.2 Å². The van der Waals surface area contributed by atoms with E-state index in [0.29, 0.717) is 18.5 Å². The van der Waals surface area contributed by atoms with E-state index in [9.17, 15) is 4.79 Å². The van der Waals surface area contributed by atoms with Crippen LogP contribution in [0.25, 0.3) is 0 Å². The van der Waals surface area contributed by atoms with E-state index in [1.165, 1.54) is 19.3 Å². The summed E-state index contributed by atoms with van der Waals surface area (Å²) in [7, 11) is 1.92. The van der Waals surface area contributed by atoms with Crippen LogP contribution in [0.15, 0.2) is 0 Å². The van der Waals surface area contributed by atoms with Gasteiger partial charge in [-0.05, 0) is 32.2 Å². The number of amides is 1. The molecule has 2 N–H and O–H groups in total. The molecule has 17 heavy (non-hydrogen) atoms. The van der Waals surface area contributed by atoms with Gasteiger partial charge in [0, 0.05) is 19.2 Å². The molecule has 1 aliphatic carbocycles. The summed E-state index contributed by atoms with van der Waals surface area (Å²) in [6, 6.07) is 0.363. The van der Waals surface area contributed by atoms with E-state index in [0.717, 1.165) is 19.4 Å². The second-order valence-corrected chi connectivity index (χ2v) is 5.25. The summed E-state index contributed by atoms with van der Waals surface area (Å²) in [6.07, 6.45) is 5.60. The molecule has 0 spiro atoms. The maximum absolute atomic E-state index is 11.8. The number of carbonyl (C=O) groups excluding carboxylic acids is 1. The van der Waals surface area contributed by atoms with Crippen LogP contribution in [0.2, 0.25) is 0 Å². The van der Waals surface area contributed by atoms with Crippen LogP contribution in [-0.2, 0) is 4.79 Å². The van der Waals surface area contributed by atoms with Gasteiger partial charge in [-0.25, -0.2) is 0 Å². The molecule has 0 saturated heterocycles. The second-order valence-electron chi connectivity index (χ2n) is 5.25. The Kier molecular flexibility index (Phi) is 6.52. The van der Waals surface area contributed by atoms with E-state index in [4.69, 9.17) is 5.11 Å². The number of aliphatic hydroxyl groups excluding tert-OH is 1. The molecule has 0 aromatic heterocycles. The Bertz CT molecular complexity index is 233. The number of aliphatic hydroxyl groups is 1. The van der Waals surface area contributed by atoms with Gasteiger partial charge in [-0.1, -0.05) is 19.8 Å². The molecule has 2 atom stereocenters. The van der Waals surface area contributed by atoms with E-state index < -0.39 is 0 Å². The number of hydrogen-bond acceptors (Lipinski definition) is 3. The van der Waals surface area contributed by atoms with Crippen LogP contribution in [0.1, 0.15) is 39.0 Å². The van der Waals surface area contributed by atoms with Gasteiger partial charge in [0.15, 0.2) is 0 Å². The quantitative estimate of drug-likeness (QED) is 0.730. The molecule has 100 valence electrons. The Morgan fingerprint density at radius 2 is 2.12 bits per heavy atom. The van der Waals surface area contributed by atoms with Gasteiger partial charge in [-0.2, -0.15) is 0 Å². The molecule has 1 saturated carbocycles. The zero-order valence-electron chi connectivity index (χ0n) is 11.1. The molecule has 0 bridgehead atoms. The minimum atomic E-state index is 0.115. The summed E-state index contributed by atoms with van der Waals surface area (Å²) >= 11 is 0. The lowest BCUT2D eigenvalue weighted by Crippen LogP contribution is -2.45. The summed E-state index contributed by atoms with van der Waals surface area (Å²) in [5, 5.41) is 11.9. The molecule has 1 fully saturated rings. The minimum absolute atomic E-state index is 0.115. The molecule has 1 aliphatic rings. The lowest BCUT2D eigenvalue weighted by molar-refractivity contribution is -0.123. The van der Waals surface area contributed by atoms with Gasteiger partial charge < -0.3 is 10.4 Å². The summed E-state index contributed by atoms with van der Waals surface area (Å²) in [5.41, 5.74) is 0. The standard InChI is InChI=1S/C13H26N2O2/c1-11-6-3-4-7-12(11)14-13(17)10-15(2)8-5-9-16/h11-12,16H,3-10H2,1-2H3,(H,14,17). The molecular formula is C13H26N2O2. The number of nitrogens with one attached hydrogen (secondary N) is 1. The Hall–Kier alpha value is -0.610.